The van der Waals surface area contributed by atoms with E-state index in [4.69, 9.17) is 89.8 Å². The minimum Gasteiger partial charge on any atom is -0.481 e. The standard InChI is InChI=1S/C22H22ClFN4O4.C13H16ClFO2.C12H15ClFNO2.C10H9N3O3.C7H7ClFN.C5H10O3/c1-12(29)20(17(30)10-9-13-5-4-7-15(23)19(13)24)26-18(31)11-28-16-8-3-2-6-14(16)21(27-28)22(25)32;1-8(9(2)16)12(17)7-6-10-4-3-5-11(14)13(10)15;1-7(16)12(15)10(17)6-5-8-3-2-4-9(13)11(8)14;11-10(16)9-6-3-1-2-4-7(6)13(12-9)5-8(14)15;8-6-3-1-2-5(4-10)7(6)9;1-3(4(2)6)5(7)8/h2-8,12,20,29H,9-11H2,1H3,(H2,25,32)(H,26,31);3-5,8-9,16H,6-7H2,1-2H3;2-4,7,12,16H,5-6,15H2,1H3;1-4H,5H2,(H2,11,16)(H,14,15);1-3H,4,10H2;3-4,6H,1-2H3,(H,7,8)/t12?,20-;8-,9?;7?,12-;;;3-,4?/m000..0/s1. The van der Waals surface area contributed by atoms with E-state index in [9.17, 15) is 66.1 Å². The monoisotopic (exact) mass is 1470 g/mol. The van der Waals surface area contributed by atoms with Crippen LogP contribution in [0.4, 0.5) is 17.6 Å². The Bertz CT molecular complexity index is 4040. The Labute approximate surface area is 592 Å². The van der Waals surface area contributed by atoms with E-state index in [1.54, 1.807) is 105 Å². The molecule has 0 aliphatic carbocycles. The van der Waals surface area contributed by atoms with Crippen molar-refractivity contribution in [3.63, 3.8) is 0 Å². The number of Topliss-reactive ketones (excluding diaryl/α,β-unsaturated/α-hetero) is 3. The third-order valence-electron chi connectivity index (χ3n) is 15.0. The number of carboxylic acids is 2. The lowest BCUT2D eigenvalue weighted by atomic mass is 9.95. The Morgan fingerprint density at radius 3 is 1.14 bits per heavy atom. The van der Waals surface area contributed by atoms with E-state index >= 15 is 0 Å². The number of aryl methyl sites for hydroxylation is 3. The number of aromatic nitrogens is 4. The number of rotatable bonds is 25. The van der Waals surface area contributed by atoms with E-state index in [1.165, 1.54) is 67.4 Å². The molecule has 4 unspecified atom stereocenters. The predicted octanol–water partition coefficient (Wildman–Crippen LogP) is 8.93. The summed E-state index contributed by atoms with van der Waals surface area (Å²) in [5.74, 6) is -7.86. The van der Waals surface area contributed by atoms with Crippen LogP contribution in [0, 0.1) is 35.1 Å². The van der Waals surface area contributed by atoms with Crippen molar-refractivity contribution in [2.45, 2.75) is 136 Å². The zero-order valence-electron chi connectivity index (χ0n) is 55.1. The van der Waals surface area contributed by atoms with E-state index < -0.39 is 107 Å². The molecular weight excluding hydrogens is 1400 g/mol. The number of hydrogen-bond donors (Lipinski definition) is 11. The highest BCUT2D eigenvalue weighted by molar-refractivity contribution is 6.31. The fourth-order valence-corrected chi connectivity index (χ4v) is 9.59. The van der Waals surface area contributed by atoms with Gasteiger partial charge in [-0.3, -0.25) is 47.7 Å². The van der Waals surface area contributed by atoms with Crippen molar-refractivity contribution in [3.05, 3.63) is 198 Å². The molecule has 0 spiro atoms. The maximum absolute atomic E-state index is 14.0. The Morgan fingerprint density at radius 2 is 0.820 bits per heavy atom. The molecule has 540 valence electrons. The van der Waals surface area contributed by atoms with Crippen LogP contribution in [0.25, 0.3) is 21.8 Å². The number of ketones is 3. The molecule has 2 aromatic heterocycles. The van der Waals surface area contributed by atoms with Crippen molar-refractivity contribution in [2.75, 3.05) is 0 Å². The molecule has 100 heavy (non-hydrogen) atoms. The molecule has 8 rings (SSSR count). The minimum atomic E-state index is -1.19. The van der Waals surface area contributed by atoms with Crippen LogP contribution in [0.2, 0.25) is 20.1 Å². The normalized spacial score (nSPS) is 13.1. The topological polar surface area (TPSA) is 410 Å². The van der Waals surface area contributed by atoms with E-state index in [-0.39, 0.29) is 100 Å². The molecule has 6 aromatic carbocycles. The van der Waals surface area contributed by atoms with Crippen LogP contribution in [0.3, 0.4) is 0 Å². The van der Waals surface area contributed by atoms with Gasteiger partial charge in [-0.2, -0.15) is 10.2 Å². The Kier molecular flexibility index (Phi) is 35.7. The number of para-hydroxylation sites is 2. The first-order chi connectivity index (χ1) is 46.9. The molecule has 31 heteroatoms. The third kappa shape index (κ3) is 26.4. The predicted molar refractivity (Wildman–Crippen MR) is 370 cm³/mol. The van der Waals surface area contributed by atoms with E-state index in [0.29, 0.717) is 44.9 Å². The number of carboxylic acid groups (broad SMARTS) is 2. The number of carbonyl (C=O) groups excluding carboxylic acids is 6. The van der Waals surface area contributed by atoms with Crippen molar-refractivity contribution in [3.8, 4) is 0 Å². The van der Waals surface area contributed by atoms with Crippen molar-refractivity contribution < 1.29 is 86.6 Å². The third-order valence-corrected chi connectivity index (χ3v) is 16.2. The largest absolute Gasteiger partial charge is 0.481 e. The van der Waals surface area contributed by atoms with Crippen molar-refractivity contribution >= 4 is 115 Å². The van der Waals surface area contributed by atoms with Crippen LogP contribution in [0.1, 0.15) is 104 Å². The van der Waals surface area contributed by atoms with Gasteiger partial charge in [-0.1, -0.05) is 138 Å². The van der Waals surface area contributed by atoms with Gasteiger partial charge in [0.2, 0.25) is 5.91 Å². The number of aliphatic hydroxyl groups is 4. The molecular formula is C69H79Cl4F4N9O14. The maximum Gasteiger partial charge on any atom is 0.325 e. The van der Waals surface area contributed by atoms with Gasteiger partial charge in [0.25, 0.3) is 11.8 Å². The Hall–Kier alpha value is -8.74. The first kappa shape index (κ1) is 85.5. The zero-order chi connectivity index (χ0) is 75.4. The molecule has 0 bridgehead atoms. The molecule has 3 amide bonds. The Morgan fingerprint density at radius 1 is 0.470 bits per heavy atom. The molecule has 0 saturated carbocycles. The number of primary amides is 2. The van der Waals surface area contributed by atoms with Gasteiger partial charge in [-0.15, -0.1) is 0 Å². The van der Waals surface area contributed by atoms with Crippen LogP contribution in [-0.4, -0.2) is 134 Å². The van der Waals surface area contributed by atoms with Crippen molar-refractivity contribution in [2.24, 2.45) is 34.8 Å². The van der Waals surface area contributed by atoms with Crippen LogP contribution >= 0.6 is 46.4 Å². The molecule has 0 aliphatic rings. The molecule has 0 aliphatic heterocycles. The summed E-state index contributed by atoms with van der Waals surface area (Å²) in [6.07, 6.45) is -2.71. The fourth-order valence-electron chi connectivity index (χ4n) is 8.81. The number of aliphatic hydroxyl groups excluding tert-OH is 4. The molecule has 0 saturated heterocycles. The number of halogens is 8. The quantitative estimate of drug-likeness (QED) is 0.0238. The summed E-state index contributed by atoms with van der Waals surface area (Å²) in [7, 11) is 0. The second-order valence-electron chi connectivity index (χ2n) is 22.6. The number of benzene rings is 6. The van der Waals surface area contributed by atoms with Gasteiger partial charge in [0.05, 0.1) is 67.5 Å². The number of aliphatic carboxylic acids is 2. The van der Waals surface area contributed by atoms with Gasteiger partial charge in [-0.25, -0.2) is 17.6 Å². The lowest BCUT2D eigenvalue weighted by Crippen LogP contribution is -2.48. The first-order valence-corrected chi connectivity index (χ1v) is 32.2. The summed E-state index contributed by atoms with van der Waals surface area (Å²) in [6, 6.07) is 30.2. The zero-order valence-corrected chi connectivity index (χ0v) is 58.1. The number of nitrogens with two attached hydrogens (primary N) is 4. The van der Waals surface area contributed by atoms with Gasteiger partial charge in [-0.05, 0) is 107 Å². The molecule has 15 N–H and O–H groups in total. The van der Waals surface area contributed by atoms with Gasteiger partial charge in [0, 0.05) is 48.1 Å². The molecule has 23 nitrogen and oxygen atoms in total. The highest BCUT2D eigenvalue weighted by Gasteiger charge is 2.27. The van der Waals surface area contributed by atoms with Crippen molar-refractivity contribution in [1.82, 2.24) is 24.9 Å². The lowest BCUT2D eigenvalue weighted by molar-refractivity contribution is -0.144. The summed E-state index contributed by atoms with van der Waals surface area (Å²) in [5, 5.41) is 65.7. The maximum atomic E-state index is 14.0. The summed E-state index contributed by atoms with van der Waals surface area (Å²) < 4.78 is 56.4. The van der Waals surface area contributed by atoms with Crippen LogP contribution in [0.5, 0.6) is 0 Å². The number of amides is 3. The Balaban J connectivity index is 0.000000331. The second kappa shape index (κ2) is 41.7. The molecule has 8 aromatic rings. The van der Waals surface area contributed by atoms with Crippen LogP contribution in [0.15, 0.2) is 121 Å². The number of fused-ring (bicyclic) bond motifs is 2. The summed E-state index contributed by atoms with van der Waals surface area (Å²) >= 11 is 22.5. The molecule has 8 atom stereocenters. The van der Waals surface area contributed by atoms with Gasteiger partial charge >= 0.3 is 11.9 Å². The van der Waals surface area contributed by atoms with E-state index in [1.807, 2.05) is 0 Å². The van der Waals surface area contributed by atoms with E-state index in [2.05, 4.69) is 15.5 Å². The first-order valence-electron chi connectivity index (χ1n) is 30.7. The number of nitrogens with zero attached hydrogens (tertiary/aromatic N) is 4. The smallest absolute Gasteiger partial charge is 0.325 e. The average Bonchev–Trinajstić information content (AvgIpc) is 1.65. The van der Waals surface area contributed by atoms with Crippen LogP contribution in [-0.2, 0) is 67.7 Å². The summed E-state index contributed by atoms with van der Waals surface area (Å²) in [6.45, 7) is 8.57. The van der Waals surface area contributed by atoms with Gasteiger partial charge < -0.3 is 58.9 Å². The van der Waals surface area contributed by atoms with Gasteiger partial charge in [0.15, 0.2) is 23.0 Å². The number of carbonyl (C=O) groups is 8. The molecule has 2 heterocycles. The van der Waals surface area contributed by atoms with Crippen LogP contribution < -0.4 is 28.3 Å². The highest BCUT2D eigenvalue weighted by Crippen LogP contribution is 2.24. The summed E-state index contributed by atoms with van der Waals surface area (Å²) in [5.41, 5.74) is 24.0. The van der Waals surface area contributed by atoms with Crippen molar-refractivity contribution in [1.29, 1.82) is 0 Å². The SMILES string of the molecule is CC(O)[C@H](C)C(=O)CCc1cccc(Cl)c1F.CC(O)[C@H](C)C(=O)O.CC(O)[C@H](N)C(=O)CCc1cccc(Cl)c1F.CC(O)[C@H](NC(=O)Cn1nc(C(N)=O)c2ccccc21)C(=O)CCc1cccc(Cl)c1F.NC(=O)c1nn(CC(=O)O)c2ccccc12.NCc1cccc(Cl)c1F. The molecule has 0 radical (unpaired) electrons. The summed E-state index contributed by atoms with van der Waals surface area (Å²) in [4.78, 5) is 91.7. The number of hydrogen-bond acceptors (Lipinski definition) is 16. The van der Waals surface area contributed by atoms with E-state index in [0.717, 1.165) is 0 Å². The number of nitrogens with one attached hydrogen (secondary N) is 1. The van der Waals surface area contributed by atoms with Gasteiger partial charge in [0.1, 0.15) is 48.2 Å². The fraction of sp³-hybridized carbons (Fsp3) is 0.333. The lowest BCUT2D eigenvalue weighted by Gasteiger charge is -2.20. The second-order valence-corrected chi connectivity index (χ2v) is 24.2. The average molecular weight is 1480 g/mol. The minimum absolute atomic E-state index is 0.0279. The molecule has 0 fully saturated rings. The highest BCUT2D eigenvalue weighted by atomic mass is 35.5.